The summed E-state index contributed by atoms with van der Waals surface area (Å²) in [5.41, 5.74) is 13.7. The largest absolute Gasteiger partial charge is 0.317 e. The zero-order chi connectivity index (χ0) is 54.2. The standard InChI is InChI=1S/C76H42N4S2/c1-78-70-68(57-30-16-24-47-22-8-10-26-51(47)57)63(44-77)71(79-64-42-49(45-18-4-2-5-19-45)34-36-53(64)59-38-40-61-55-28-12-14-32-66(55)81-75(61)72(59)79)69(58-31-17-25-48-23-9-11-27-52(48)58)74(70)80-65-43-50(46-20-6-3-7-21-46)35-37-54(65)60-39-41-62-56-29-13-15-33-67(56)82-76(62)73(60)80/h2-43H. The van der Waals surface area contributed by atoms with Gasteiger partial charge in [0.05, 0.1) is 55.0 Å². The molecule has 82 heavy (non-hydrogen) atoms. The van der Waals surface area contributed by atoms with Crippen LogP contribution in [0.3, 0.4) is 0 Å². The summed E-state index contributed by atoms with van der Waals surface area (Å²) >= 11 is 3.59. The quantitative estimate of drug-likeness (QED) is 0.153. The van der Waals surface area contributed by atoms with E-state index in [1.807, 2.05) is 0 Å². The van der Waals surface area contributed by atoms with Gasteiger partial charge in [-0.15, -0.1) is 22.7 Å². The van der Waals surface area contributed by atoms with E-state index in [1.54, 1.807) is 22.7 Å². The van der Waals surface area contributed by atoms with Gasteiger partial charge in [-0.05, 0) is 79.2 Å². The Balaban J connectivity index is 1.19. The number of fused-ring (bicyclic) bond motifs is 16. The zero-order valence-corrected chi connectivity index (χ0v) is 45.5. The fraction of sp³-hybridized carbons (Fsp3) is 0. The summed E-state index contributed by atoms with van der Waals surface area (Å²) in [6.07, 6.45) is 0. The maximum Gasteiger partial charge on any atom is 0.220 e. The molecule has 0 unspecified atom stereocenters. The average molecular weight is 1080 g/mol. The monoisotopic (exact) mass is 1070 g/mol. The normalized spacial score (nSPS) is 11.9. The van der Waals surface area contributed by atoms with Gasteiger partial charge in [0.1, 0.15) is 6.07 Å². The molecule has 0 N–H and O–H groups in total. The Morgan fingerprint density at radius 3 is 1.27 bits per heavy atom. The SMILES string of the molecule is [C-]#[N+]c1c(-c2cccc3ccccc23)c(C#N)c(-n2c3cc(-c4ccccc4)ccc3c3ccc4c5ccccc5sc4c32)c(-c2cccc3ccccc23)c1-n1c2cc(-c3ccccc3)ccc2c2ccc3c4ccccc4sc3c21. The Hall–Kier alpha value is -10.6. The third-order valence-electron chi connectivity index (χ3n) is 17.0. The highest BCUT2D eigenvalue weighted by Crippen LogP contribution is 2.56. The first kappa shape index (κ1) is 46.3. The second-order valence-corrected chi connectivity index (χ2v) is 23.3. The van der Waals surface area contributed by atoms with Crippen LogP contribution < -0.4 is 0 Å². The van der Waals surface area contributed by atoms with Crippen LogP contribution in [-0.4, -0.2) is 9.13 Å². The Bertz CT molecular complexity index is 5380. The van der Waals surface area contributed by atoms with Gasteiger partial charge in [-0.25, -0.2) is 4.85 Å². The second kappa shape index (κ2) is 18.0. The Morgan fingerprint density at radius 2 is 0.768 bits per heavy atom. The van der Waals surface area contributed by atoms with Gasteiger partial charge in [0.15, 0.2) is 0 Å². The van der Waals surface area contributed by atoms with Crippen molar-refractivity contribution in [3.8, 4) is 62.0 Å². The van der Waals surface area contributed by atoms with Crippen molar-refractivity contribution in [3.63, 3.8) is 0 Å². The van der Waals surface area contributed by atoms with Gasteiger partial charge in [0, 0.05) is 63.6 Å². The molecule has 0 aliphatic carbocycles. The van der Waals surface area contributed by atoms with Gasteiger partial charge in [-0.2, -0.15) is 5.26 Å². The summed E-state index contributed by atoms with van der Waals surface area (Å²) in [6.45, 7) is 9.92. The van der Waals surface area contributed by atoms with Crippen LogP contribution in [0.2, 0.25) is 0 Å². The van der Waals surface area contributed by atoms with E-state index in [4.69, 9.17) is 4.85 Å². The number of benzene rings is 13. The lowest BCUT2D eigenvalue weighted by atomic mass is 9.85. The number of nitriles is 1. The van der Waals surface area contributed by atoms with E-state index in [2.05, 4.69) is 270 Å². The van der Waals surface area contributed by atoms with Crippen molar-refractivity contribution in [1.29, 1.82) is 5.26 Å². The first-order valence-electron chi connectivity index (χ1n) is 27.5. The van der Waals surface area contributed by atoms with E-state index >= 15 is 0 Å². The molecule has 378 valence electrons. The molecule has 4 nitrogen and oxygen atoms in total. The molecule has 0 saturated heterocycles. The highest BCUT2D eigenvalue weighted by Gasteiger charge is 2.34. The van der Waals surface area contributed by atoms with Gasteiger partial charge in [0.2, 0.25) is 5.69 Å². The number of thiophene rings is 2. The van der Waals surface area contributed by atoms with Crippen LogP contribution in [0.1, 0.15) is 5.56 Å². The first-order valence-corrected chi connectivity index (χ1v) is 29.1. The highest BCUT2D eigenvalue weighted by atomic mass is 32.1. The molecule has 0 amide bonds. The lowest BCUT2D eigenvalue weighted by Gasteiger charge is -2.27. The Morgan fingerprint density at radius 1 is 0.354 bits per heavy atom. The third kappa shape index (κ3) is 6.62. The molecule has 0 aliphatic heterocycles. The van der Waals surface area contributed by atoms with Crippen LogP contribution in [0.15, 0.2) is 255 Å². The Labute approximate surface area is 478 Å². The summed E-state index contributed by atoms with van der Waals surface area (Å²) in [5.74, 6) is 0. The summed E-state index contributed by atoms with van der Waals surface area (Å²) < 4.78 is 9.52. The van der Waals surface area contributed by atoms with E-state index in [9.17, 15) is 11.8 Å². The summed E-state index contributed by atoms with van der Waals surface area (Å²) in [4.78, 5) is 4.86. The van der Waals surface area contributed by atoms with Gasteiger partial charge in [0.25, 0.3) is 0 Å². The molecule has 0 saturated carbocycles. The topological polar surface area (TPSA) is 38.0 Å². The van der Waals surface area contributed by atoms with E-state index in [0.717, 1.165) is 136 Å². The zero-order valence-electron chi connectivity index (χ0n) is 43.9. The number of rotatable bonds is 6. The first-order chi connectivity index (χ1) is 40.6. The minimum absolute atomic E-state index is 0.402. The summed E-state index contributed by atoms with van der Waals surface area (Å²) in [5, 5.41) is 25.8. The van der Waals surface area contributed by atoms with Crippen LogP contribution in [0.25, 0.3) is 166 Å². The molecule has 17 aromatic rings. The number of aromatic nitrogens is 2. The van der Waals surface area contributed by atoms with Crippen LogP contribution in [0, 0.1) is 17.9 Å². The van der Waals surface area contributed by atoms with Crippen molar-refractivity contribution in [2.45, 2.75) is 0 Å². The van der Waals surface area contributed by atoms with Crippen molar-refractivity contribution in [1.82, 2.24) is 9.13 Å². The van der Waals surface area contributed by atoms with Crippen LogP contribution in [0.5, 0.6) is 0 Å². The van der Waals surface area contributed by atoms with Crippen molar-refractivity contribution in [3.05, 3.63) is 272 Å². The molecule has 0 atom stereocenters. The molecule has 4 heterocycles. The van der Waals surface area contributed by atoms with Crippen molar-refractivity contribution in [2.75, 3.05) is 0 Å². The predicted octanol–water partition coefficient (Wildman–Crippen LogP) is 22.0. The molecule has 0 fully saturated rings. The molecule has 0 bridgehead atoms. The fourth-order valence-electron chi connectivity index (χ4n) is 13.4. The lowest BCUT2D eigenvalue weighted by molar-refractivity contribution is 1.14. The molecule has 17 rings (SSSR count). The molecular weight excluding hydrogens is 1030 g/mol. The van der Waals surface area contributed by atoms with Gasteiger partial charge in [-0.3, -0.25) is 0 Å². The molecule has 0 spiro atoms. The van der Waals surface area contributed by atoms with E-state index < -0.39 is 0 Å². The molecule has 13 aromatic carbocycles. The number of hydrogen-bond donors (Lipinski definition) is 0. The molecular formula is C76H42N4S2. The highest BCUT2D eigenvalue weighted by molar-refractivity contribution is 7.27. The van der Waals surface area contributed by atoms with Crippen molar-refractivity contribution in [2.24, 2.45) is 0 Å². The predicted molar refractivity (Wildman–Crippen MR) is 349 cm³/mol. The van der Waals surface area contributed by atoms with E-state index in [1.165, 1.54) is 20.2 Å². The summed E-state index contributed by atoms with van der Waals surface area (Å²) in [7, 11) is 0. The van der Waals surface area contributed by atoms with Gasteiger partial charge in [-0.1, -0.05) is 231 Å². The molecule has 4 aromatic heterocycles. The molecule has 6 heteroatoms. The minimum atomic E-state index is 0.402. The smallest absolute Gasteiger partial charge is 0.220 e. The Kier molecular flexibility index (Phi) is 10.1. The van der Waals surface area contributed by atoms with Gasteiger partial charge < -0.3 is 9.13 Å². The average Bonchev–Trinajstić information content (AvgIpc) is 3.99. The third-order valence-corrected chi connectivity index (χ3v) is 19.4. The molecule has 0 radical (unpaired) electrons. The van der Waals surface area contributed by atoms with Crippen LogP contribution >= 0.6 is 22.7 Å². The number of nitrogens with zero attached hydrogens (tertiary/aromatic N) is 4. The van der Waals surface area contributed by atoms with E-state index in [0.29, 0.717) is 16.8 Å². The molecule has 0 aliphatic rings. The van der Waals surface area contributed by atoms with Crippen LogP contribution in [-0.2, 0) is 0 Å². The van der Waals surface area contributed by atoms with Crippen molar-refractivity contribution >= 4 is 134 Å². The van der Waals surface area contributed by atoms with E-state index in [-0.39, 0.29) is 0 Å². The lowest BCUT2D eigenvalue weighted by Crippen LogP contribution is -2.09. The van der Waals surface area contributed by atoms with Crippen molar-refractivity contribution < 1.29 is 0 Å². The fourth-order valence-corrected chi connectivity index (χ4v) is 15.9. The second-order valence-electron chi connectivity index (χ2n) is 21.2. The number of hydrogen-bond acceptors (Lipinski definition) is 3. The maximum absolute atomic E-state index is 12.7. The van der Waals surface area contributed by atoms with Gasteiger partial charge >= 0.3 is 0 Å². The van der Waals surface area contributed by atoms with Crippen LogP contribution in [0.4, 0.5) is 5.69 Å². The minimum Gasteiger partial charge on any atom is -0.317 e. The summed E-state index contributed by atoms with van der Waals surface area (Å²) in [6, 6.07) is 94.2. The maximum atomic E-state index is 12.7.